The van der Waals surface area contributed by atoms with E-state index in [1.807, 2.05) is 18.2 Å². The molecule has 0 fully saturated rings. The Bertz CT molecular complexity index is 575. The van der Waals surface area contributed by atoms with Gasteiger partial charge in [0.1, 0.15) is 5.69 Å². The molecular formula is C14H15N3O. The normalized spacial score (nSPS) is 14.5. The maximum Gasteiger partial charge on any atom is 0.272 e. The van der Waals surface area contributed by atoms with E-state index >= 15 is 0 Å². The summed E-state index contributed by atoms with van der Waals surface area (Å²) >= 11 is 0. The fourth-order valence-corrected chi connectivity index (χ4v) is 2.36. The molecule has 1 aromatic heterocycles. The van der Waals surface area contributed by atoms with E-state index in [1.165, 1.54) is 11.1 Å². The van der Waals surface area contributed by atoms with Crippen molar-refractivity contribution in [3.8, 4) is 0 Å². The van der Waals surface area contributed by atoms with Gasteiger partial charge in [-0.3, -0.25) is 9.69 Å². The van der Waals surface area contributed by atoms with E-state index in [4.69, 9.17) is 0 Å². The van der Waals surface area contributed by atoms with Crippen LogP contribution in [0.25, 0.3) is 0 Å². The van der Waals surface area contributed by atoms with Crippen molar-refractivity contribution < 1.29 is 4.79 Å². The number of aromatic nitrogens is 1. The van der Waals surface area contributed by atoms with Gasteiger partial charge in [0, 0.05) is 25.0 Å². The zero-order valence-electron chi connectivity index (χ0n) is 10.2. The third-order valence-electron chi connectivity index (χ3n) is 3.23. The van der Waals surface area contributed by atoms with Crippen LogP contribution in [-0.4, -0.2) is 22.8 Å². The molecule has 0 bridgehead atoms. The van der Waals surface area contributed by atoms with E-state index in [2.05, 4.69) is 28.3 Å². The zero-order chi connectivity index (χ0) is 12.5. The van der Waals surface area contributed by atoms with Crippen molar-refractivity contribution in [1.82, 2.24) is 9.88 Å². The summed E-state index contributed by atoms with van der Waals surface area (Å²) in [6, 6.07) is 9.65. The molecule has 2 N–H and O–H groups in total. The minimum atomic E-state index is -0.0945. The standard InChI is InChI=1S/C14H15N3O/c1-17-8-10-4-2-5-12(11(10)9-17)16-14(18)13-6-3-7-15-13/h2-7,15H,8-9H2,1H3,(H,16,18). The second kappa shape index (κ2) is 4.31. The topological polar surface area (TPSA) is 48.1 Å². The highest BCUT2D eigenvalue weighted by Crippen LogP contribution is 2.28. The van der Waals surface area contributed by atoms with Crippen molar-refractivity contribution >= 4 is 11.6 Å². The van der Waals surface area contributed by atoms with E-state index < -0.39 is 0 Å². The minimum Gasteiger partial charge on any atom is -0.357 e. The number of rotatable bonds is 2. The molecule has 18 heavy (non-hydrogen) atoms. The summed E-state index contributed by atoms with van der Waals surface area (Å²) in [6.07, 6.45) is 1.75. The Kier molecular flexibility index (Phi) is 2.64. The number of hydrogen-bond donors (Lipinski definition) is 2. The average Bonchev–Trinajstić information content (AvgIpc) is 2.96. The van der Waals surface area contributed by atoms with E-state index in [-0.39, 0.29) is 5.91 Å². The molecule has 3 rings (SSSR count). The molecule has 0 saturated carbocycles. The van der Waals surface area contributed by atoms with Crippen LogP contribution in [0.4, 0.5) is 5.69 Å². The number of anilines is 1. The highest BCUT2D eigenvalue weighted by molar-refractivity contribution is 6.03. The summed E-state index contributed by atoms with van der Waals surface area (Å²) in [4.78, 5) is 17.1. The minimum absolute atomic E-state index is 0.0945. The smallest absolute Gasteiger partial charge is 0.272 e. The number of carbonyl (C=O) groups is 1. The van der Waals surface area contributed by atoms with Gasteiger partial charge in [0.05, 0.1) is 0 Å². The number of nitrogens with one attached hydrogen (secondary N) is 2. The van der Waals surface area contributed by atoms with Gasteiger partial charge in [0.2, 0.25) is 0 Å². The molecule has 2 aromatic rings. The highest BCUT2D eigenvalue weighted by Gasteiger charge is 2.19. The van der Waals surface area contributed by atoms with Crippen LogP contribution in [0.15, 0.2) is 36.5 Å². The largest absolute Gasteiger partial charge is 0.357 e. The monoisotopic (exact) mass is 241 g/mol. The third kappa shape index (κ3) is 1.91. The van der Waals surface area contributed by atoms with Gasteiger partial charge in [-0.15, -0.1) is 0 Å². The number of fused-ring (bicyclic) bond motifs is 1. The predicted molar refractivity (Wildman–Crippen MR) is 70.4 cm³/mol. The van der Waals surface area contributed by atoms with Crippen molar-refractivity contribution in [2.24, 2.45) is 0 Å². The van der Waals surface area contributed by atoms with Crippen LogP contribution in [0.3, 0.4) is 0 Å². The third-order valence-corrected chi connectivity index (χ3v) is 3.23. The number of amides is 1. The fraction of sp³-hybridized carbons (Fsp3) is 0.214. The number of H-pyrrole nitrogens is 1. The molecular weight excluding hydrogens is 226 g/mol. The summed E-state index contributed by atoms with van der Waals surface area (Å²) in [5.41, 5.74) is 4.01. The van der Waals surface area contributed by atoms with Crippen LogP contribution in [0.1, 0.15) is 21.6 Å². The number of nitrogens with zero attached hydrogens (tertiary/aromatic N) is 1. The molecule has 4 heteroatoms. The van der Waals surface area contributed by atoms with Gasteiger partial charge in [-0.05, 0) is 36.4 Å². The summed E-state index contributed by atoms with van der Waals surface area (Å²) in [5.74, 6) is -0.0945. The number of benzene rings is 1. The molecule has 0 spiro atoms. The average molecular weight is 241 g/mol. The Labute approximate surface area is 106 Å². The summed E-state index contributed by atoms with van der Waals surface area (Å²) in [6.45, 7) is 1.83. The highest BCUT2D eigenvalue weighted by atomic mass is 16.1. The molecule has 0 radical (unpaired) electrons. The van der Waals surface area contributed by atoms with E-state index in [0.29, 0.717) is 5.69 Å². The maximum atomic E-state index is 12.0. The van der Waals surface area contributed by atoms with Crippen LogP contribution in [-0.2, 0) is 13.1 Å². The molecule has 2 heterocycles. The van der Waals surface area contributed by atoms with E-state index in [1.54, 1.807) is 12.3 Å². The lowest BCUT2D eigenvalue weighted by Crippen LogP contribution is -2.14. The number of aromatic amines is 1. The molecule has 4 nitrogen and oxygen atoms in total. The zero-order valence-corrected chi connectivity index (χ0v) is 10.2. The predicted octanol–water partition coefficient (Wildman–Crippen LogP) is 2.21. The fourth-order valence-electron chi connectivity index (χ4n) is 2.36. The maximum absolute atomic E-state index is 12.0. The Balaban J connectivity index is 1.86. The van der Waals surface area contributed by atoms with Crippen LogP contribution in [0.2, 0.25) is 0 Å². The lowest BCUT2D eigenvalue weighted by atomic mass is 10.1. The van der Waals surface area contributed by atoms with Crippen LogP contribution >= 0.6 is 0 Å². The summed E-state index contributed by atoms with van der Waals surface area (Å²) in [7, 11) is 2.08. The molecule has 0 unspecified atom stereocenters. The van der Waals surface area contributed by atoms with Gasteiger partial charge in [0.15, 0.2) is 0 Å². The van der Waals surface area contributed by atoms with Gasteiger partial charge in [-0.2, -0.15) is 0 Å². The van der Waals surface area contributed by atoms with Crippen LogP contribution < -0.4 is 5.32 Å². The molecule has 0 aliphatic carbocycles. The Morgan fingerprint density at radius 1 is 1.28 bits per heavy atom. The molecule has 92 valence electrons. The second-order valence-electron chi connectivity index (χ2n) is 4.65. The number of carbonyl (C=O) groups excluding carboxylic acids is 1. The first kappa shape index (κ1) is 11.0. The second-order valence-corrected chi connectivity index (χ2v) is 4.65. The Morgan fingerprint density at radius 3 is 2.94 bits per heavy atom. The van der Waals surface area contributed by atoms with Crippen molar-refractivity contribution in [3.63, 3.8) is 0 Å². The van der Waals surface area contributed by atoms with Gasteiger partial charge in [-0.1, -0.05) is 12.1 Å². The summed E-state index contributed by atoms with van der Waals surface area (Å²) in [5, 5.41) is 2.97. The van der Waals surface area contributed by atoms with Crippen molar-refractivity contribution in [2.45, 2.75) is 13.1 Å². The van der Waals surface area contributed by atoms with Crippen molar-refractivity contribution in [1.29, 1.82) is 0 Å². The molecule has 1 aliphatic rings. The first-order chi connectivity index (χ1) is 8.74. The van der Waals surface area contributed by atoms with Gasteiger partial charge in [-0.25, -0.2) is 0 Å². The number of hydrogen-bond acceptors (Lipinski definition) is 2. The lowest BCUT2D eigenvalue weighted by Gasteiger charge is -2.09. The van der Waals surface area contributed by atoms with Gasteiger partial charge in [0.25, 0.3) is 5.91 Å². The van der Waals surface area contributed by atoms with Gasteiger partial charge >= 0.3 is 0 Å². The van der Waals surface area contributed by atoms with Crippen molar-refractivity contribution in [3.05, 3.63) is 53.3 Å². The molecule has 1 aliphatic heterocycles. The molecule has 0 saturated heterocycles. The van der Waals surface area contributed by atoms with E-state index in [0.717, 1.165) is 18.8 Å². The van der Waals surface area contributed by atoms with Gasteiger partial charge < -0.3 is 10.3 Å². The molecule has 1 aromatic carbocycles. The SMILES string of the molecule is CN1Cc2cccc(NC(=O)c3ccc[nH]3)c2C1. The molecule has 1 amide bonds. The van der Waals surface area contributed by atoms with E-state index in [9.17, 15) is 4.79 Å². The Morgan fingerprint density at radius 2 is 2.17 bits per heavy atom. The quantitative estimate of drug-likeness (QED) is 0.847. The van der Waals surface area contributed by atoms with Crippen LogP contribution in [0.5, 0.6) is 0 Å². The Hall–Kier alpha value is -2.07. The lowest BCUT2D eigenvalue weighted by molar-refractivity contribution is 0.102. The first-order valence-corrected chi connectivity index (χ1v) is 5.98. The van der Waals surface area contributed by atoms with Crippen molar-refractivity contribution in [2.75, 3.05) is 12.4 Å². The first-order valence-electron chi connectivity index (χ1n) is 5.98. The molecule has 0 atom stereocenters. The summed E-state index contributed by atoms with van der Waals surface area (Å²) < 4.78 is 0. The van der Waals surface area contributed by atoms with Crippen LogP contribution in [0, 0.1) is 0 Å².